The molecule has 0 N–H and O–H groups in total. The molecule has 0 saturated carbocycles. The standard InChI is InChI=1S/C25H26N2O4/c1-16-12-13-23(28)27(16)24(29)22-11-6-14-26(22)25(30)31-15-21-19-9-4-2-7-17(19)18-8-3-5-10-20(18)21/h2-5,7-10,16,21-22H,6,11-15H2,1H3/t16-,22+/m0/s1. The van der Waals surface area contributed by atoms with Crippen LogP contribution in [-0.2, 0) is 14.3 Å². The van der Waals surface area contributed by atoms with Crippen LogP contribution in [0.25, 0.3) is 11.1 Å². The van der Waals surface area contributed by atoms with Crippen molar-refractivity contribution in [3.8, 4) is 11.1 Å². The smallest absolute Gasteiger partial charge is 0.410 e. The van der Waals surface area contributed by atoms with Crippen molar-refractivity contribution in [2.24, 2.45) is 0 Å². The minimum absolute atomic E-state index is 0.0201. The molecule has 2 saturated heterocycles. The Balaban J connectivity index is 1.31. The predicted molar refractivity (Wildman–Crippen MR) is 115 cm³/mol. The first-order valence-electron chi connectivity index (χ1n) is 11.0. The van der Waals surface area contributed by atoms with Gasteiger partial charge in [0.25, 0.3) is 5.91 Å². The molecule has 6 nitrogen and oxygen atoms in total. The maximum atomic E-state index is 13.0. The van der Waals surface area contributed by atoms with Crippen molar-refractivity contribution in [1.82, 2.24) is 9.80 Å². The SMILES string of the molecule is C[C@H]1CCC(=O)N1C(=O)[C@H]1CCCN1C(=O)OCC1c2ccccc2-c2ccccc21. The van der Waals surface area contributed by atoms with Crippen molar-refractivity contribution in [1.29, 1.82) is 0 Å². The molecule has 2 fully saturated rings. The van der Waals surface area contributed by atoms with Crippen LogP contribution in [0.4, 0.5) is 4.79 Å². The molecular formula is C25H26N2O4. The lowest BCUT2D eigenvalue weighted by molar-refractivity contribution is -0.146. The first-order valence-corrected chi connectivity index (χ1v) is 11.0. The summed E-state index contributed by atoms with van der Waals surface area (Å²) >= 11 is 0. The largest absolute Gasteiger partial charge is 0.448 e. The van der Waals surface area contributed by atoms with Gasteiger partial charge in [0, 0.05) is 24.9 Å². The molecule has 3 amide bonds. The van der Waals surface area contributed by atoms with Crippen molar-refractivity contribution in [3.63, 3.8) is 0 Å². The van der Waals surface area contributed by atoms with E-state index in [0.717, 1.165) is 17.5 Å². The number of carbonyl (C=O) groups is 3. The number of rotatable bonds is 3. The summed E-state index contributed by atoms with van der Waals surface area (Å²) in [7, 11) is 0. The van der Waals surface area contributed by atoms with Gasteiger partial charge in [-0.15, -0.1) is 0 Å². The first-order chi connectivity index (χ1) is 15.1. The van der Waals surface area contributed by atoms with Gasteiger partial charge >= 0.3 is 6.09 Å². The van der Waals surface area contributed by atoms with Crippen LogP contribution in [0.15, 0.2) is 48.5 Å². The number of hydrogen-bond donors (Lipinski definition) is 0. The zero-order valence-electron chi connectivity index (χ0n) is 17.6. The van der Waals surface area contributed by atoms with Crippen molar-refractivity contribution >= 4 is 17.9 Å². The Morgan fingerprint density at radius 1 is 1.00 bits per heavy atom. The molecule has 0 bridgehead atoms. The molecule has 6 heteroatoms. The Morgan fingerprint density at radius 2 is 1.65 bits per heavy atom. The number of likely N-dealkylation sites (tertiary alicyclic amines) is 2. The molecule has 2 aliphatic heterocycles. The van der Waals surface area contributed by atoms with Gasteiger partial charge in [-0.1, -0.05) is 48.5 Å². The fourth-order valence-electron chi connectivity index (χ4n) is 5.25. The summed E-state index contributed by atoms with van der Waals surface area (Å²) in [6.45, 7) is 2.59. The maximum absolute atomic E-state index is 13.0. The van der Waals surface area contributed by atoms with Gasteiger partial charge in [-0.25, -0.2) is 4.79 Å². The second-order valence-corrected chi connectivity index (χ2v) is 8.65. The molecule has 31 heavy (non-hydrogen) atoms. The molecule has 0 radical (unpaired) electrons. The Kier molecular flexibility index (Phi) is 5.00. The van der Waals surface area contributed by atoms with Crippen molar-refractivity contribution in [2.75, 3.05) is 13.2 Å². The number of nitrogens with zero attached hydrogens (tertiary/aromatic N) is 2. The second kappa shape index (κ2) is 7.84. The zero-order valence-corrected chi connectivity index (χ0v) is 17.6. The van der Waals surface area contributed by atoms with E-state index in [-0.39, 0.29) is 30.4 Å². The number of hydrogen-bond acceptors (Lipinski definition) is 4. The van der Waals surface area contributed by atoms with Gasteiger partial charge in [-0.05, 0) is 48.4 Å². The van der Waals surface area contributed by atoms with E-state index in [2.05, 4.69) is 24.3 Å². The van der Waals surface area contributed by atoms with Crippen LogP contribution in [0.2, 0.25) is 0 Å². The highest BCUT2D eigenvalue weighted by molar-refractivity contribution is 6.00. The average molecular weight is 418 g/mol. The molecule has 3 aliphatic rings. The van der Waals surface area contributed by atoms with Gasteiger partial charge in [0.1, 0.15) is 12.6 Å². The fraction of sp³-hybridized carbons (Fsp3) is 0.400. The Bertz CT molecular complexity index is 1000. The van der Waals surface area contributed by atoms with Crippen LogP contribution in [0, 0.1) is 0 Å². The third kappa shape index (κ3) is 3.30. The van der Waals surface area contributed by atoms with Crippen LogP contribution in [0.5, 0.6) is 0 Å². The molecule has 160 valence electrons. The number of ether oxygens (including phenoxy) is 1. The van der Waals surface area contributed by atoms with Crippen LogP contribution in [-0.4, -0.2) is 52.9 Å². The van der Waals surface area contributed by atoms with E-state index in [4.69, 9.17) is 4.74 Å². The zero-order chi connectivity index (χ0) is 21.5. The molecular weight excluding hydrogens is 392 g/mol. The molecule has 2 aromatic carbocycles. The average Bonchev–Trinajstić information content (AvgIpc) is 3.48. The molecule has 0 aromatic heterocycles. The first kappa shape index (κ1) is 19.8. The van der Waals surface area contributed by atoms with E-state index < -0.39 is 12.1 Å². The van der Waals surface area contributed by atoms with Gasteiger partial charge in [0.15, 0.2) is 0 Å². The number of carbonyl (C=O) groups excluding carboxylic acids is 3. The van der Waals surface area contributed by atoms with Gasteiger partial charge in [-0.2, -0.15) is 0 Å². The predicted octanol–water partition coefficient (Wildman–Crippen LogP) is 3.94. The molecule has 2 heterocycles. The molecule has 0 spiro atoms. The minimum Gasteiger partial charge on any atom is -0.448 e. The highest BCUT2D eigenvalue weighted by Gasteiger charge is 2.43. The number of imide groups is 1. The number of fused-ring (bicyclic) bond motifs is 3. The fourth-order valence-corrected chi connectivity index (χ4v) is 5.25. The van der Waals surface area contributed by atoms with Crippen LogP contribution in [0.3, 0.4) is 0 Å². The van der Waals surface area contributed by atoms with Gasteiger partial charge in [0.05, 0.1) is 0 Å². The third-order valence-corrected chi connectivity index (χ3v) is 6.83. The van der Waals surface area contributed by atoms with E-state index in [1.165, 1.54) is 20.9 Å². The summed E-state index contributed by atoms with van der Waals surface area (Å²) in [5.74, 6) is -0.425. The monoisotopic (exact) mass is 418 g/mol. The summed E-state index contributed by atoms with van der Waals surface area (Å²) < 4.78 is 5.75. The highest BCUT2D eigenvalue weighted by atomic mass is 16.6. The molecule has 0 unspecified atom stereocenters. The molecule has 2 atom stereocenters. The number of amides is 3. The van der Waals surface area contributed by atoms with Crippen molar-refractivity contribution < 1.29 is 19.1 Å². The van der Waals surface area contributed by atoms with E-state index >= 15 is 0 Å². The minimum atomic E-state index is -0.611. The Morgan fingerprint density at radius 3 is 2.26 bits per heavy atom. The van der Waals surface area contributed by atoms with Crippen molar-refractivity contribution in [3.05, 3.63) is 59.7 Å². The van der Waals surface area contributed by atoms with Crippen molar-refractivity contribution in [2.45, 2.75) is 50.6 Å². The second-order valence-electron chi connectivity index (χ2n) is 8.65. The van der Waals surface area contributed by atoms with E-state index in [1.807, 2.05) is 31.2 Å². The molecule has 1 aliphatic carbocycles. The van der Waals surface area contributed by atoms with E-state index in [1.54, 1.807) is 0 Å². The maximum Gasteiger partial charge on any atom is 0.410 e. The lowest BCUT2D eigenvalue weighted by Crippen LogP contribution is -2.50. The Labute approximate surface area is 181 Å². The molecule has 5 rings (SSSR count). The summed E-state index contributed by atoms with van der Waals surface area (Å²) in [5, 5.41) is 0. The van der Waals surface area contributed by atoms with E-state index in [9.17, 15) is 14.4 Å². The van der Waals surface area contributed by atoms with Crippen LogP contribution >= 0.6 is 0 Å². The van der Waals surface area contributed by atoms with Crippen LogP contribution in [0.1, 0.15) is 49.7 Å². The van der Waals surface area contributed by atoms with Gasteiger partial charge in [0.2, 0.25) is 5.91 Å². The summed E-state index contributed by atoms with van der Waals surface area (Å²) in [5.41, 5.74) is 4.66. The highest BCUT2D eigenvalue weighted by Crippen LogP contribution is 2.44. The van der Waals surface area contributed by atoms with Gasteiger partial charge in [-0.3, -0.25) is 19.4 Å². The van der Waals surface area contributed by atoms with E-state index in [0.29, 0.717) is 25.8 Å². The summed E-state index contributed by atoms with van der Waals surface area (Å²) in [6, 6.07) is 15.7. The third-order valence-electron chi connectivity index (χ3n) is 6.83. The molecule has 2 aromatic rings. The quantitative estimate of drug-likeness (QED) is 0.708. The van der Waals surface area contributed by atoms with Crippen LogP contribution < -0.4 is 0 Å². The lowest BCUT2D eigenvalue weighted by Gasteiger charge is -2.29. The number of benzene rings is 2. The summed E-state index contributed by atoms with van der Waals surface area (Å²) in [6.07, 6.45) is 1.90. The Hall–Kier alpha value is -3.15. The lowest BCUT2D eigenvalue weighted by atomic mass is 9.98. The van der Waals surface area contributed by atoms with Gasteiger partial charge < -0.3 is 4.74 Å². The summed E-state index contributed by atoms with van der Waals surface area (Å²) in [4.78, 5) is 41.0. The normalized spacial score (nSPS) is 22.5. The topological polar surface area (TPSA) is 66.9 Å².